The van der Waals surface area contributed by atoms with Crippen molar-refractivity contribution in [3.05, 3.63) is 0 Å². The van der Waals surface area contributed by atoms with E-state index >= 15 is 0 Å². The molecular formula is C9H18OS. The number of hydrogen-bond donors (Lipinski definition) is 1. The van der Waals surface area contributed by atoms with Gasteiger partial charge in [-0.1, -0.05) is 19.8 Å². The van der Waals surface area contributed by atoms with Crippen LogP contribution >= 0.6 is 11.8 Å². The maximum absolute atomic E-state index is 9.66. The first kappa shape index (κ1) is 9.40. The minimum absolute atomic E-state index is 0.0255. The highest BCUT2D eigenvalue weighted by atomic mass is 32.2. The Morgan fingerprint density at radius 3 is 3.00 bits per heavy atom. The first-order valence-electron chi connectivity index (χ1n) is 4.64. The van der Waals surface area contributed by atoms with E-state index in [0.717, 1.165) is 6.42 Å². The van der Waals surface area contributed by atoms with Crippen LogP contribution in [0.5, 0.6) is 0 Å². The minimum Gasteiger partial charge on any atom is -0.392 e. The van der Waals surface area contributed by atoms with E-state index in [2.05, 4.69) is 6.92 Å². The third-order valence-corrected chi connectivity index (χ3v) is 3.75. The lowest BCUT2D eigenvalue weighted by Gasteiger charge is -2.15. The van der Waals surface area contributed by atoms with E-state index in [1.54, 1.807) is 0 Å². The molecule has 2 unspecified atom stereocenters. The lowest BCUT2D eigenvalue weighted by molar-refractivity contribution is 0.157. The summed E-state index contributed by atoms with van der Waals surface area (Å²) >= 11 is 1.95. The molecule has 1 fully saturated rings. The molecule has 1 aliphatic rings. The Bertz CT molecular complexity index is 99.7. The van der Waals surface area contributed by atoms with Crippen molar-refractivity contribution in [1.29, 1.82) is 0 Å². The van der Waals surface area contributed by atoms with Gasteiger partial charge in [-0.3, -0.25) is 0 Å². The summed E-state index contributed by atoms with van der Waals surface area (Å²) in [5.41, 5.74) is 0. The Labute approximate surface area is 73.6 Å². The molecule has 0 aromatic carbocycles. The maximum Gasteiger partial charge on any atom is 0.0658 e. The highest BCUT2D eigenvalue weighted by Gasteiger charge is 2.22. The third kappa shape index (κ3) is 3.04. The zero-order chi connectivity index (χ0) is 8.10. The average Bonchev–Trinajstić information content (AvgIpc) is 2.52. The summed E-state index contributed by atoms with van der Waals surface area (Å²) in [7, 11) is 0. The van der Waals surface area contributed by atoms with Gasteiger partial charge in [0.2, 0.25) is 0 Å². The van der Waals surface area contributed by atoms with E-state index in [4.69, 9.17) is 0 Å². The second-order valence-electron chi connectivity index (χ2n) is 3.26. The van der Waals surface area contributed by atoms with Gasteiger partial charge in [0.25, 0.3) is 0 Å². The first-order chi connectivity index (χ1) is 5.34. The van der Waals surface area contributed by atoms with Crippen molar-refractivity contribution >= 4 is 11.8 Å². The molecule has 66 valence electrons. The minimum atomic E-state index is -0.0255. The number of unbranched alkanes of at least 4 members (excludes halogenated alkanes) is 1. The van der Waals surface area contributed by atoms with Crippen molar-refractivity contribution in [3.8, 4) is 0 Å². The normalized spacial score (nSPS) is 27.3. The third-order valence-electron chi connectivity index (χ3n) is 2.25. The van der Waals surface area contributed by atoms with Gasteiger partial charge in [0.15, 0.2) is 0 Å². The fourth-order valence-corrected chi connectivity index (χ4v) is 2.83. The second-order valence-corrected chi connectivity index (χ2v) is 4.61. The van der Waals surface area contributed by atoms with E-state index < -0.39 is 0 Å². The molecule has 1 rings (SSSR count). The molecule has 1 N–H and O–H groups in total. The van der Waals surface area contributed by atoms with Crippen LogP contribution in [0.4, 0.5) is 0 Å². The topological polar surface area (TPSA) is 20.2 Å². The van der Waals surface area contributed by atoms with Gasteiger partial charge in [0, 0.05) is 5.25 Å². The molecule has 0 spiro atoms. The zero-order valence-electron chi connectivity index (χ0n) is 7.25. The number of rotatable bonds is 4. The Morgan fingerprint density at radius 1 is 1.64 bits per heavy atom. The maximum atomic E-state index is 9.66. The lowest BCUT2D eigenvalue weighted by Crippen LogP contribution is -2.19. The highest BCUT2D eigenvalue weighted by molar-refractivity contribution is 8.00. The molecule has 2 heteroatoms. The molecular weight excluding hydrogens is 156 g/mol. The Hall–Kier alpha value is 0.310. The fourth-order valence-electron chi connectivity index (χ4n) is 1.51. The molecule has 0 aromatic rings. The molecule has 0 aliphatic carbocycles. The number of aliphatic hydroxyl groups excluding tert-OH is 1. The molecule has 0 saturated carbocycles. The summed E-state index contributed by atoms with van der Waals surface area (Å²) in [6.45, 7) is 2.18. The van der Waals surface area contributed by atoms with Crippen molar-refractivity contribution in [2.75, 3.05) is 5.75 Å². The van der Waals surface area contributed by atoms with E-state index in [1.165, 1.54) is 31.4 Å². The van der Waals surface area contributed by atoms with Crippen LogP contribution in [-0.2, 0) is 0 Å². The van der Waals surface area contributed by atoms with Crippen LogP contribution in [0.25, 0.3) is 0 Å². The van der Waals surface area contributed by atoms with Crippen molar-refractivity contribution in [1.82, 2.24) is 0 Å². The summed E-state index contributed by atoms with van der Waals surface area (Å²) in [5, 5.41) is 10.2. The van der Waals surface area contributed by atoms with Gasteiger partial charge >= 0.3 is 0 Å². The monoisotopic (exact) mass is 174 g/mol. The summed E-state index contributed by atoms with van der Waals surface area (Å²) in [4.78, 5) is 0. The average molecular weight is 174 g/mol. The zero-order valence-corrected chi connectivity index (χ0v) is 8.07. The second kappa shape index (κ2) is 5.04. The highest BCUT2D eigenvalue weighted by Crippen LogP contribution is 2.30. The molecule has 0 aromatic heterocycles. The van der Waals surface area contributed by atoms with Crippen LogP contribution in [0.3, 0.4) is 0 Å². The molecule has 1 nitrogen and oxygen atoms in total. The Kier molecular flexibility index (Phi) is 4.31. The lowest BCUT2D eigenvalue weighted by atomic mass is 10.1. The molecule has 0 bridgehead atoms. The van der Waals surface area contributed by atoms with Crippen molar-refractivity contribution in [3.63, 3.8) is 0 Å². The molecule has 0 radical (unpaired) electrons. The van der Waals surface area contributed by atoms with Crippen LogP contribution in [-0.4, -0.2) is 22.2 Å². The SMILES string of the molecule is CCCCC(O)C1CCCS1. The smallest absolute Gasteiger partial charge is 0.0658 e. The number of thioether (sulfide) groups is 1. The number of hydrogen-bond acceptors (Lipinski definition) is 2. The van der Waals surface area contributed by atoms with Crippen LogP contribution in [0.1, 0.15) is 39.0 Å². The van der Waals surface area contributed by atoms with E-state index in [1.807, 2.05) is 11.8 Å². The number of aliphatic hydroxyl groups is 1. The van der Waals surface area contributed by atoms with Gasteiger partial charge in [-0.15, -0.1) is 0 Å². The fraction of sp³-hybridized carbons (Fsp3) is 1.00. The molecule has 1 heterocycles. The Morgan fingerprint density at radius 2 is 2.45 bits per heavy atom. The van der Waals surface area contributed by atoms with Crippen molar-refractivity contribution in [2.45, 2.75) is 50.4 Å². The summed E-state index contributed by atoms with van der Waals surface area (Å²) < 4.78 is 0. The van der Waals surface area contributed by atoms with Crippen molar-refractivity contribution < 1.29 is 5.11 Å². The molecule has 2 atom stereocenters. The Balaban J connectivity index is 2.12. The van der Waals surface area contributed by atoms with Crippen molar-refractivity contribution in [2.24, 2.45) is 0 Å². The summed E-state index contributed by atoms with van der Waals surface area (Å²) in [6, 6.07) is 0. The largest absolute Gasteiger partial charge is 0.392 e. The van der Waals surface area contributed by atoms with E-state index in [-0.39, 0.29) is 6.10 Å². The summed E-state index contributed by atoms with van der Waals surface area (Å²) in [5.74, 6) is 1.26. The van der Waals surface area contributed by atoms with E-state index in [9.17, 15) is 5.11 Å². The van der Waals surface area contributed by atoms with Crippen LogP contribution in [0, 0.1) is 0 Å². The van der Waals surface area contributed by atoms with Gasteiger partial charge in [0.05, 0.1) is 6.10 Å². The summed E-state index contributed by atoms with van der Waals surface area (Å²) in [6.07, 6.45) is 5.90. The van der Waals surface area contributed by atoms with Gasteiger partial charge in [-0.2, -0.15) is 11.8 Å². The first-order valence-corrected chi connectivity index (χ1v) is 5.69. The predicted octanol–water partition coefficient (Wildman–Crippen LogP) is 2.43. The molecule has 0 amide bonds. The van der Waals surface area contributed by atoms with Crippen LogP contribution in [0.2, 0.25) is 0 Å². The standard InChI is InChI=1S/C9H18OS/c1-2-3-5-8(10)9-6-4-7-11-9/h8-10H,2-7H2,1H3. The van der Waals surface area contributed by atoms with Gasteiger partial charge in [-0.05, 0) is 25.0 Å². The van der Waals surface area contributed by atoms with Gasteiger partial charge in [0.1, 0.15) is 0 Å². The molecule has 1 saturated heterocycles. The van der Waals surface area contributed by atoms with E-state index in [0.29, 0.717) is 5.25 Å². The molecule has 1 aliphatic heterocycles. The quantitative estimate of drug-likeness (QED) is 0.706. The van der Waals surface area contributed by atoms with Gasteiger partial charge in [-0.25, -0.2) is 0 Å². The van der Waals surface area contributed by atoms with Gasteiger partial charge < -0.3 is 5.11 Å². The predicted molar refractivity (Wildman–Crippen MR) is 51.0 cm³/mol. The van der Waals surface area contributed by atoms with Crippen LogP contribution < -0.4 is 0 Å². The van der Waals surface area contributed by atoms with Crippen LogP contribution in [0.15, 0.2) is 0 Å². The molecule has 11 heavy (non-hydrogen) atoms.